The zero-order valence-electron chi connectivity index (χ0n) is 10.5. The van der Waals surface area contributed by atoms with Gasteiger partial charge in [-0.25, -0.2) is 0 Å². The quantitative estimate of drug-likeness (QED) is 0.739. The molecular formula is C13H22N2S. The van der Waals surface area contributed by atoms with E-state index in [0.717, 1.165) is 24.7 Å². The van der Waals surface area contributed by atoms with E-state index in [1.54, 1.807) is 0 Å². The summed E-state index contributed by atoms with van der Waals surface area (Å²) in [6, 6.07) is 4.20. The molecule has 90 valence electrons. The fourth-order valence-corrected chi connectivity index (χ4v) is 2.21. The number of pyridine rings is 1. The summed E-state index contributed by atoms with van der Waals surface area (Å²) in [5.41, 5.74) is 2.34. The third-order valence-corrected chi connectivity index (χ3v) is 3.55. The Balaban J connectivity index is 2.05. The number of rotatable bonds is 7. The van der Waals surface area contributed by atoms with Crippen LogP contribution in [0.4, 0.5) is 0 Å². The van der Waals surface area contributed by atoms with E-state index in [4.69, 9.17) is 0 Å². The van der Waals surface area contributed by atoms with Crippen LogP contribution < -0.4 is 5.32 Å². The molecule has 0 aliphatic carbocycles. The summed E-state index contributed by atoms with van der Waals surface area (Å²) in [4.78, 5) is 4.35. The molecule has 16 heavy (non-hydrogen) atoms. The number of thioether (sulfide) groups is 1. The monoisotopic (exact) mass is 238 g/mol. The van der Waals surface area contributed by atoms with Gasteiger partial charge in [0.15, 0.2) is 0 Å². The van der Waals surface area contributed by atoms with Crippen molar-refractivity contribution in [3.63, 3.8) is 0 Å². The molecule has 0 saturated carbocycles. The summed E-state index contributed by atoms with van der Waals surface area (Å²) in [7, 11) is 0. The molecule has 0 bridgehead atoms. The van der Waals surface area contributed by atoms with Gasteiger partial charge in [0.2, 0.25) is 0 Å². The Bertz CT molecular complexity index is 282. The first-order valence-electron chi connectivity index (χ1n) is 5.88. The third-order valence-electron chi connectivity index (χ3n) is 2.15. The van der Waals surface area contributed by atoms with E-state index in [1.165, 1.54) is 17.1 Å². The van der Waals surface area contributed by atoms with Crippen LogP contribution in [0.25, 0.3) is 0 Å². The van der Waals surface area contributed by atoms with Crippen LogP contribution in [0.15, 0.2) is 18.3 Å². The molecule has 0 aliphatic rings. The summed E-state index contributed by atoms with van der Waals surface area (Å²) >= 11 is 2.02. The van der Waals surface area contributed by atoms with Gasteiger partial charge in [-0.2, -0.15) is 11.8 Å². The molecule has 0 aliphatic heterocycles. The van der Waals surface area contributed by atoms with Crippen molar-refractivity contribution in [2.24, 2.45) is 5.92 Å². The van der Waals surface area contributed by atoms with E-state index in [1.807, 2.05) is 18.0 Å². The minimum Gasteiger partial charge on any atom is -0.310 e. The van der Waals surface area contributed by atoms with Crippen molar-refractivity contribution >= 4 is 11.8 Å². The minimum atomic E-state index is 0.795. The first kappa shape index (κ1) is 13.5. The lowest BCUT2D eigenvalue weighted by atomic mass is 10.3. The lowest BCUT2D eigenvalue weighted by molar-refractivity contribution is 0.711. The molecule has 0 aromatic carbocycles. The first-order chi connectivity index (χ1) is 7.68. The summed E-state index contributed by atoms with van der Waals surface area (Å²) in [5.74, 6) is 3.23. The fourth-order valence-electron chi connectivity index (χ4n) is 1.28. The predicted octanol–water partition coefficient (Wildman–Crippen LogP) is 2.87. The Hall–Kier alpha value is -0.540. The summed E-state index contributed by atoms with van der Waals surface area (Å²) in [6.07, 6.45) is 1.92. The van der Waals surface area contributed by atoms with Crippen LogP contribution in [0.2, 0.25) is 0 Å². The molecule has 0 amide bonds. The number of hydrogen-bond donors (Lipinski definition) is 1. The Kier molecular flexibility index (Phi) is 6.50. The standard InChI is InChI=1S/C13H22N2S/c1-11(2)10-16-7-6-14-9-13-5-4-12(3)8-15-13/h4-5,8,11,14H,6-7,9-10H2,1-3H3. The van der Waals surface area contributed by atoms with Crippen molar-refractivity contribution in [3.8, 4) is 0 Å². The second-order valence-electron chi connectivity index (χ2n) is 4.47. The van der Waals surface area contributed by atoms with Gasteiger partial charge in [-0.05, 0) is 30.2 Å². The molecule has 3 heteroatoms. The second kappa shape index (κ2) is 7.69. The number of aryl methyl sites for hydroxylation is 1. The highest BCUT2D eigenvalue weighted by atomic mass is 32.2. The third kappa shape index (κ3) is 6.13. The zero-order chi connectivity index (χ0) is 11.8. The average molecular weight is 238 g/mol. The van der Waals surface area contributed by atoms with Crippen LogP contribution in [0.5, 0.6) is 0 Å². The van der Waals surface area contributed by atoms with Gasteiger partial charge in [0.25, 0.3) is 0 Å². The molecule has 1 heterocycles. The maximum Gasteiger partial charge on any atom is 0.0541 e. The van der Waals surface area contributed by atoms with E-state index >= 15 is 0 Å². The minimum absolute atomic E-state index is 0.795. The number of hydrogen-bond acceptors (Lipinski definition) is 3. The number of nitrogens with one attached hydrogen (secondary N) is 1. The molecule has 1 rings (SSSR count). The molecule has 0 saturated heterocycles. The Morgan fingerprint density at radius 1 is 1.38 bits per heavy atom. The lowest BCUT2D eigenvalue weighted by Gasteiger charge is -2.06. The second-order valence-corrected chi connectivity index (χ2v) is 5.62. The van der Waals surface area contributed by atoms with Gasteiger partial charge in [0.05, 0.1) is 5.69 Å². The van der Waals surface area contributed by atoms with Gasteiger partial charge in [0.1, 0.15) is 0 Å². The van der Waals surface area contributed by atoms with Crippen LogP contribution in [-0.2, 0) is 6.54 Å². The van der Waals surface area contributed by atoms with Crippen molar-refractivity contribution in [2.75, 3.05) is 18.1 Å². The highest BCUT2D eigenvalue weighted by Gasteiger charge is 1.95. The SMILES string of the molecule is Cc1ccc(CNCCSCC(C)C)nc1. The van der Waals surface area contributed by atoms with E-state index < -0.39 is 0 Å². The van der Waals surface area contributed by atoms with E-state index in [2.05, 4.69) is 43.2 Å². The topological polar surface area (TPSA) is 24.9 Å². The van der Waals surface area contributed by atoms with Crippen molar-refractivity contribution < 1.29 is 0 Å². The fraction of sp³-hybridized carbons (Fsp3) is 0.615. The smallest absolute Gasteiger partial charge is 0.0541 e. The molecule has 0 unspecified atom stereocenters. The summed E-state index contributed by atoms with van der Waals surface area (Å²) < 4.78 is 0. The molecule has 1 N–H and O–H groups in total. The van der Waals surface area contributed by atoms with Crippen LogP contribution in [0, 0.1) is 12.8 Å². The molecule has 0 atom stereocenters. The zero-order valence-corrected chi connectivity index (χ0v) is 11.3. The molecule has 2 nitrogen and oxygen atoms in total. The number of aromatic nitrogens is 1. The van der Waals surface area contributed by atoms with E-state index in [-0.39, 0.29) is 0 Å². The van der Waals surface area contributed by atoms with Crippen molar-refractivity contribution in [1.82, 2.24) is 10.3 Å². The highest BCUT2D eigenvalue weighted by molar-refractivity contribution is 7.99. The maximum atomic E-state index is 4.35. The molecule has 0 spiro atoms. The molecular weight excluding hydrogens is 216 g/mol. The van der Waals surface area contributed by atoms with Gasteiger partial charge in [-0.15, -0.1) is 0 Å². The van der Waals surface area contributed by atoms with Crippen molar-refractivity contribution in [3.05, 3.63) is 29.6 Å². The lowest BCUT2D eigenvalue weighted by Crippen LogP contribution is -2.17. The van der Waals surface area contributed by atoms with Crippen LogP contribution in [0.1, 0.15) is 25.1 Å². The van der Waals surface area contributed by atoms with Crippen LogP contribution in [0.3, 0.4) is 0 Å². The Morgan fingerprint density at radius 3 is 2.81 bits per heavy atom. The summed E-state index contributed by atoms with van der Waals surface area (Å²) in [6.45, 7) is 8.52. The molecule has 0 radical (unpaired) electrons. The van der Waals surface area contributed by atoms with Crippen molar-refractivity contribution in [1.29, 1.82) is 0 Å². The Labute approximate surface area is 103 Å². The van der Waals surface area contributed by atoms with Crippen LogP contribution in [-0.4, -0.2) is 23.0 Å². The van der Waals surface area contributed by atoms with Crippen LogP contribution >= 0.6 is 11.8 Å². The van der Waals surface area contributed by atoms with Gasteiger partial charge < -0.3 is 5.32 Å². The first-order valence-corrected chi connectivity index (χ1v) is 7.04. The largest absolute Gasteiger partial charge is 0.310 e. The summed E-state index contributed by atoms with van der Waals surface area (Å²) in [5, 5.41) is 3.41. The van der Waals surface area contributed by atoms with E-state index in [9.17, 15) is 0 Å². The predicted molar refractivity (Wildman–Crippen MR) is 72.8 cm³/mol. The van der Waals surface area contributed by atoms with E-state index in [0.29, 0.717) is 0 Å². The van der Waals surface area contributed by atoms with Gasteiger partial charge in [-0.1, -0.05) is 19.9 Å². The average Bonchev–Trinajstić information content (AvgIpc) is 2.25. The maximum absolute atomic E-state index is 4.35. The Morgan fingerprint density at radius 2 is 2.19 bits per heavy atom. The highest BCUT2D eigenvalue weighted by Crippen LogP contribution is 2.06. The molecule has 0 fully saturated rings. The van der Waals surface area contributed by atoms with Gasteiger partial charge >= 0.3 is 0 Å². The normalized spacial score (nSPS) is 11.0. The van der Waals surface area contributed by atoms with Gasteiger partial charge in [-0.3, -0.25) is 4.98 Å². The van der Waals surface area contributed by atoms with Gasteiger partial charge in [0, 0.05) is 25.0 Å². The number of nitrogens with zero attached hydrogens (tertiary/aromatic N) is 1. The molecule has 1 aromatic rings. The molecule has 1 aromatic heterocycles. The van der Waals surface area contributed by atoms with Crippen molar-refractivity contribution in [2.45, 2.75) is 27.3 Å².